The van der Waals surface area contributed by atoms with Crippen molar-refractivity contribution in [3.8, 4) is 18.4 Å². The third-order valence-electron chi connectivity index (χ3n) is 2.52. The first kappa shape index (κ1) is 10.2. The molecule has 2 heterocycles. The van der Waals surface area contributed by atoms with E-state index >= 15 is 0 Å². The summed E-state index contributed by atoms with van der Waals surface area (Å²) in [5.74, 6) is 2.81. The Morgan fingerprint density at radius 2 is 2.44 bits per heavy atom. The van der Waals surface area contributed by atoms with Gasteiger partial charge in [0.25, 0.3) is 0 Å². The van der Waals surface area contributed by atoms with Crippen LogP contribution in [0.3, 0.4) is 0 Å². The molecule has 0 aliphatic carbocycles. The zero-order chi connectivity index (χ0) is 11.5. The molecule has 0 radical (unpaired) electrons. The number of carbonyl (C=O) groups is 1. The van der Waals surface area contributed by atoms with Crippen molar-refractivity contribution in [2.75, 3.05) is 11.4 Å². The first-order valence-electron chi connectivity index (χ1n) is 4.88. The first-order chi connectivity index (χ1) is 7.76. The molecule has 0 N–H and O–H groups in total. The highest BCUT2D eigenvalue weighted by atomic mass is 16.2. The molecule has 16 heavy (non-hydrogen) atoms. The first-order valence-corrected chi connectivity index (χ1v) is 4.88. The quantitative estimate of drug-likeness (QED) is 0.649. The number of carbonyl (C=O) groups excluding carboxylic acids is 1. The maximum absolute atomic E-state index is 11.7. The Kier molecular flexibility index (Phi) is 2.57. The lowest BCUT2D eigenvalue weighted by atomic mass is 10.1. The van der Waals surface area contributed by atoms with Crippen molar-refractivity contribution in [1.82, 2.24) is 4.98 Å². The average Bonchev–Trinajstić information content (AvgIpc) is 2.70. The van der Waals surface area contributed by atoms with Crippen LogP contribution in [-0.2, 0) is 4.79 Å². The van der Waals surface area contributed by atoms with Crippen LogP contribution in [-0.4, -0.2) is 17.4 Å². The summed E-state index contributed by atoms with van der Waals surface area (Å²) in [4.78, 5) is 17.2. The second-order valence-corrected chi connectivity index (χ2v) is 3.56. The Morgan fingerprint density at radius 1 is 1.62 bits per heavy atom. The zero-order valence-corrected chi connectivity index (χ0v) is 8.55. The Balaban J connectivity index is 2.36. The van der Waals surface area contributed by atoms with Gasteiger partial charge in [-0.15, -0.1) is 12.3 Å². The van der Waals surface area contributed by atoms with Crippen molar-refractivity contribution < 1.29 is 4.79 Å². The third-order valence-corrected chi connectivity index (χ3v) is 2.52. The van der Waals surface area contributed by atoms with Gasteiger partial charge in [-0.25, -0.2) is 4.98 Å². The van der Waals surface area contributed by atoms with E-state index < -0.39 is 0 Å². The highest BCUT2D eigenvalue weighted by molar-refractivity contribution is 5.96. The summed E-state index contributed by atoms with van der Waals surface area (Å²) in [6, 6.07) is 5.32. The van der Waals surface area contributed by atoms with Crippen LogP contribution in [0.5, 0.6) is 0 Å². The second kappa shape index (κ2) is 4.04. The van der Waals surface area contributed by atoms with Crippen LogP contribution in [0, 0.1) is 29.6 Å². The lowest BCUT2D eigenvalue weighted by molar-refractivity contribution is -0.117. The molecule has 1 atom stereocenters. The number of hydrogen-bond donors (Lipinski definition) is 0. The van der Waals surface area contributed by atoms with E-state index in [1.807, 2.05) is 6.07 Å². The molecule has 1 unspecified atom stereocenters. The third kappa shape index (κ3) is 1.62. The SMILES string of the molecule is C#CC1CC(=O)N(c2ncccc2C#N)C1. The second-order valence-electron chi connectivity index (χ2n) is 3.56. The number of rotatable bonds is 1. The van der Waals surface area contributed by atoms with Gasteiger partial charge in [0.2, 0.25) is 5.91 Å². The van der Waals surface area contributed by atoms with Gasteiger partial charge in [0.05, 0.1) is 5.56 Å². The summed E-state index contributed by atoms with van der Waals surface area (Å²) in [6.45, 7) is 0.445. The van der Waals surface area contributed by atoms with E-state index in [-0.39, 0.29) is 11.8 Å². The Labute approximate surface area is 93.5 Å². The minimum absolute atomic E-state index is 0.0712. The van der Waals surface area contributed by atoms with E-state index in [4.69, 9.17) is 11.7 Å². The molecule has 2 rings (SSSR count). The summed E-state index contributed by atoms with van der Waals surface area (Å²) in [6.07, 6.45) is 7.19. The summed E-state index contributed by atoms with van der Waals surface area (Å²) < 4.78 is 0. The molecule has 0 spiro atoms. The predicted molar refractivity (Wildman–Crippen MR) is 58.2 cm³/mol. The molecule has 1 aliphatic heterocycles. The molecule has 0 aromatic carbocycles. The van der Waals surface area contributed by atoms with E-state index in [9.17, 15) is 4.79 Å². The maximum Gasteiger partial charge on any atom is 0.229 e. The average molecular weight is 211 g/mol. The number of nitrogens with zero attached hydrogens (tertiary/aromatic N) is 3. The van der Waals surface area contributed by atoms with Gasteiger partial charge in [-0.05, 0) is 12.1 Å². The monoisotopic (exact) mass is 211 g/mol. The standard InChI is InChI=1S/C12H9N3O/c1-2-9-6-11(16)15(8-9)12-10(7-13)4-3-5-14-12/h1,3-5,9H,6,8H2. The van der Waals surface area contributed by atoms with Crippen molar-refractivity contribution in [2.24, 2.45) is 5.92 Å². The lowest BCUT2D eigenvalue weighted by Crippen LogP contribution is -2.26. The normalized spacial score (nSPS) is 19.2. The predicted octanol–water partition coefficient (Wildman–Crippen LogP) is 0.939. The van der Waals surface area contributed by atoms with Gasteiger partial charge in [0, 0.05) is 25.1 Å². The van der Waals surface area contributed by atoms with E-state index in [0.29, 0.717) is 24.3 Å². The fraction of sp³-hybridized carbons (Fsp3) is 0.250. The molecular weight excluding hydrogens is 202 g/mol. The van der Waals surface area contributed by atoms with E-state index in [1.54, 1.807) is 18.3 Å². The van der Waals surface area contributed by atoms with Gasteiger partial charge < -0.3 is 0 Å². The molecule has 0 saturated carbocycles. The van der Waals surface area contributed by atoms with Crippen molar-refractivity contribution >= 4 is 11.7 Å². The van der Waals surface area contributed by atoms with Crippen LogP contribution in [0.2, 0.25) is 0 Å². The summed E-state index contributed by atoms with van der Waals surface area (Å²) >= 11 is 0. The number of nitriles is 1. The van der Waals surface area contributed by atoms with Crippen molar-refractivity contribution in [3.05, 3.63) is 23.9 Å². The van der Waals surface area contributed by atoms with Gasteiger partial charge in [-0.1, -0.05) is 0 Å². The molecule has 1 aromatic heterocycles. The molecule has 1 aliphatic rings. The van der Waals surface area contributed by atoms with Crippen LogP contribution >= 0.6 is 0 Å². The van der Waals surface area contributed by atoms with E-state index in [0.717, 1.165) is 0 Å². The number of hydrogen-bond acceptors (Lipinski definition) is 3. The van der Waals surface area contributed by atoms with E-state index in [1.165, 1.54) is 4.90 Å². The number of anilines is 1. The molecule has 4 nitrogen and oxygen atoms in total. The van der Waals surface area contributed by atoms with Crippen molar-refractivity contribution in [3.63, 3.8) is 0 Å². The van der Waals surface area contributed by atoms with Crippen LogP contribution in [0.15, 0.2) is 18.3 Å². The Bertz CT molecular complexity index is 510. The van der Waals surface area contributed by atoms with Gasteiger partial charge in [0.1, 0.15) is 6.07 Å². The van der Waals surface area contributed by atoms with Gasteiger partial charge in [0.15, 0.2) is 5.82 Å². The van der Waals surface area contributed by atoms with Crippen LogP contribution in [0.1, 0.15) is 12.0 Å². The minimum atomic E-state index is -0.0824. The smallest absolute Gasteiger partial charge is 0.229 e. The fourth-order valence-electron chi connectivity index (χ4n) is 1.72. The summed E-state index contributed by atoms with van der Waals surface area (Å²) in [7, 11) is 0. The summed E-state index contributed by atoms with van der Waals surface area (Å²) in [5.41, 5.74) is 0.397. The molecule has 78 valence electrons. The molecule has 1 saturated heterocycles. The largest absolute Gasteiger partial charge is 0.294 e. The Hall–Kier alpha value is -2.33. The number of aromatic nitrogens is 1. The Morgan fingerprint density at radius 3 is 3.06 bits per heavy atom. The van der Waals surface area contributed by atoms with Crippen LogP contribution in [0.25, 0.3) is 0 Å². The molecule has 1 aromatic rings. The van der Waals surface area contributed by atoms with Gasteiger partial charge in [-0.2, -0.15) is 5.26 Å². The lowest BCUT2D eigenvalue weighted by Gasteiger charge is -2.15. The van der Waals surface area contributed by atoms with Crippen LogP contribution in [0.4, 0.5) is 5.82 Å². The number of amides is 1. The molecule has 1 fully saturated rings. The number of terminal acetylenes is 1. The minimum Gasteiger partial charge on any atom is -0.294 e. The highest BCUT2D eigenvalue weighted by Gasteiger charge is 2.31. The van der Waals surface area contributed by atoms with Crippen LogP contribution < -0.4 is 4.90 Å². The fourth-order valence-corrected chi connectivity index (χ4v) is 1.72. The van der Waals surface area contributed by atoms with Crippen molar-refractivity contribution in [1.29, 1.82) is 5.26 Å². The number of pyridine rings is 1. The molecular formula is C12H9N3O. The highest BCUT2D eigenvalue weighted by Crippen LogP contribution is 2.25. The van der Waals surface area contributed by atoms with Gasteiger partial charge in [-0.3, -0.25) is 9.69 Å². The maximum atomic E-state index is 11.7. The summed E-state index contributed by atoms with van der Waals surface area (Å²) in [5, 5.41) is 8.92. The molecule has 1 amide bonds. The van der Waals surface area contributed by atoms with E-state index in [2.05, 4.69) is 10.9 Å². The zero-order valence-electron chi connectivity index (χ0n) is 8.55. The molecule has 0 bridgehead atoms. The van der Waals surface area contributed by atoms with Crippen molar-refractivity contribution in [2.45, 2.75) is 6.42 Å². The topological polar surface area (TPSA) is 57.0 Å². The molecule has 4 heteroatoms. The van der Waals surface area contributed by atoms with Gasteiger partial charge >= 0.3 is 0 Å².